The molecule has 0 spiro atoms. The summed E-state index contributed by atoms with van der Waals surface area (Å²) in [5.74, 6) is 0.828. The maximum atomic E-state index is 3.58. The van der Waals surface area contributed by atoms with Gasteiger partial charge in [-0.1, -0.05) is 57.0 Å². The van der Waals surface area contributed by atoms with Gasteiger partial charge in [-0.15, -0.1) is 0 Å². The van der Waals surface area contributed by atoms with Gasteiger partial charge in [-0.2, -0.15) is 0 Å². The molecule has 1 N–H and O–H groups in total. The largest absolute Gasteiger partial charge is 0.316 e. The van der Waals surface area contributed by atoms with Crippen LogP contribution in [0.2, 0.25) is 0 Å². The molecule has 1 atom stereocenters. The molecule has 0 saturated heterocycles. The summed E-state index contributed by atoms with van der Waals surface area (Å²) in [6, 6.07) is 11.7. The number of hydrogen-bond donors (Lipinski definition) is 1. The Bertz CT molecular complexity index is 351. The molecule has 2 rings (SSSR count). The van der Waals surface area contributed by atoms with Crippen LogP contribution in [0.3, 0.4) is 0 Å². The molecule has 0 bridgehead atoms. The molecular weight excluding hydrogens is 218 g/mol. The van der Waals surface area contributed by atoms with E-state index >= 15 is 0 Å². The second-order valence-corrected chi connectivity index (χ2v) is 6.19. The maximum Gasteiger partial charge on any atom is 0.0161 e. The van der Waals surface area contributed by atoms with Gasteiger partial charge in [0.1, 0.15) is 0 Å². The van der Waals surface area contributed by atoms with Crippen LogP contribution < -0.4 is 5.32 Å². The normalized spacial score (nSPS) is 18.9. The van der Waals surface area contributed by atoms with E-state index in [1.807, 2.05) is 0 Å². The standard InChI is InChI=1S/C17H27N/c1-14(2)8-7-11-16(18-3)17(12-13-17)15-9-5-4-6-10-15/h4-6,9-10,14,16,18H,7-8,11-13H2,1-3H3. The predicted octanol–water partition coefficient (Wildman–Crippen LogP) is 4.13. The average Bonchev–Trinajstić information content (AvgIpc) is 3.17. The monoisotopic (exact) mass is 245 g/mol. The molecule has 1 saturated carbocycles. The predicted molar refractivity (Wildman–Crippen MR) is 78.9 cm³/mol. The summed E-state index contributed by atoms with van der Waals surface area (Å²) in [6.07, 6.45) is 6.71. The summed E-state index contributed by atoms with van der Waals surface area (Å²) >= 11 is 0. The van der Waals surface area contributed by atoms with Crippen molar-refractivity contribution in [3.05, 3.63) is 35.9 Å². The second kappa shape index (κ2) is 5.88. The van der Waals surface area contributed by atoms with E-state index in [0.29, 0.717) is 11.5 Å². The first-order valence-electron chi connectivity index (χ1n) is 7.42. The Morgan fingerprint density at radius 1 is 1.11 bits per heavy atom. The molecule has 1 fully saturated rings. The van der Waals surface area contributed by atoms with Gasteiger partial charge < -0.3 is 5.32 Å². The first-order valence-corrected chi connectivity index (χ1v) is 7.42. The molecule has 1 heteroatoms. The minimum atomic E-state index is 0.437. The van der Waals surface area contributed by atoms with E-state index in [4.69, 9.17) is 0 Å². The summed E-state index contributed by atoms with van der Waals surface area (Å²) in [7, 11) is 2.13. The highest BCUT2D eigenvalue weighted by Crippen LogP contribution is 2.52. The van der Waals surface area contributed by atoms with E-state index in [1.165, 1.54) is 37.7 Å². The van der Waals surface area contributed by atoms with Gasteiger partial charge in [-0.25, -0.2) is 0 Å². The fourth-order valence-electron chi connectivity index (χ4n) is 3.17. The van der Waals surface area contributed by atoms with E-state index in [-0.39, 0.29) is 0 Å². The lowest BCUT2D eigenvalue weighted by molar-refractivity contribution is 0.390. The third kappa shape index (κ3) is 2.95. The zero-order valence-corrected chi connectivity index (χ0v) is 12.1. The Morgan fingerprint density at radius 3 is 2.28 bits per heavy atom. The summed E-state index contributed by atoms with van der Waals surface area (Å²) in [5.41, 5.74) is 1.97. The van der Waals surface area contributed by atoms with Gasteiger partial charge in [0.15, 0.2) is 0 Å². The number of hydrogen-bond acceptors (Lipinski definition) is 1. The topological polar surface area (TPSA) is 12.0 Å². The van der Waals surface area contributed by atoms with Gasteiger partial charge >= 0.3 is 0 Å². The van der Waals surface area contributed by atoms with E-state index in [2.05, 4.69) is 56.5 Å². The molecule has 0 heterocycles. The summed E-state index contributed by atoms with van der Waals surface area (Å²) in [4.78, 5) is 0. The first kappa shape index (κ1) is 13.6. The van der Waals surface area contributed by atoms with Crippen LogP contribution in [0.1, 0.15) is 51.5 Å². The van der Waals surface area contributed by atoms with Crippen molar-refractivity contribution in [1.29, 1.82) is 0 Å². The first-order chi connectivity index (χ1) is 8.69. The minimum absolute atomic E-state index is 0.437. The van der Waals surface area contributed by atoms with Crippen molar-refractivity contribution < 1.29 is 0 Å². The summed E-state index contributed by atoms with van der Waals surface area (Å²) in [6.45, 7) is 4.64. The molecule has 1 nitrogen and oxygen atoms in total. The van der Waals surface area contributed by atoms with Crippen molar-refractivity contribution in [2.45, 2.75) is 57.4 Å². The van der Waals surface area contributed by atoms with Gasteiger partial charge in [0.25, 0.3) is 0 Å². The van der Waals surface area contributed by atoms with Crippen molar-refractivity contribution in [3.8, 4) is 0 Å². The highest BCUT2D eigenvalue weighted by atomic mass is 14.9. The molecule has 18 heavy (non-hydrogen) atoms. The van der Waals surface area contributed by atoms with Crippen LogP contribution >= 0.6 is 0 Å². The lowest BCUT2D eigenvalue weighted by atomic mass is 9.84. The van der Waals surface area contributed by atoms with Gasteiger partial charge in [-0.05, 0) is 37.8 Å². The molecule has 0 aliphatic heterocycles. The molecule has 1 aromatic carbocycles. The minimum Gasteiger partial charge on any atom is -0.316 e. The van der Waals surface area contributed by atoms with E-state index in [1.54, 1.807) is 0 Å². The lowest BCUT2D eigenvalue weighted by Crippen LogP contribution is -2.37. The highest BCUT2D eigenvalue weighted by molar-refractivity contribution is 5.33. The van der Waals surface area contributed by atoms with E-state index in [9.17, 15) is 0 Å². The Labute approximate surface area is 112 Å². The average molecular weight is 245 g/mol. The quantitative estimate of drug-likeness (QED) is 0.761. The Morgan fingerprint density at radius 2 is 1.78 bits per heavy atom. The van der Waals surface area contributed by atoms with Crippen LogP contribution in [0.4, 0.5) is 0 Å². The second-order valence-electron chi connectivity index (χ2n) is 6.19. The number of likely N-dealkylation sites (N-methyl/N-ethyl adjacent to an activating group) is 1. The smallest absolute Gasteiger partial charge is 0.0161 e. The van der Waals surface area contributed by atoms with Gasteiger partial charge in [-0.3, -0.25) is 0 Å². The van der Waals surface area contributed by atoms with Gasteiger partial charge in [0.05, 0.1) is 0 Å². The molecule has 0 aromatic heterocycles. The molecular formula is C17H27N. The van der Waals surface area contributed by atoms with Crippen molar-refractivity contribution in [2.75, 3.05) is 7.05 Å². The molecule has 1 aliphatic carbocycles. The number of rotatable bonds is 7. The van der Waals surface area contributed by atoms with Crippen LogP contribution in [0.25, 0.3) is 0 Å². The van der Waals surface area contributed by atoms with Crippen LogP contribution in [-0.2, 0) is 5.41 Å². The Balaban J connectivity index is 1.99. The third-order valence-electron chi connectivity index (χ3n) is 4.43. The van der Waals surface area contributed by atoms with Gasteiger partial charge in [0.2, 0.25) is 0 Å². The summed E-state index contributed by atoms with van der Waals surface area (Å²) < 4.78 is 0. The lowest BCUT2D eigenvalue weighted by Gasteiger charge is -2.27. The van der Waals surface area contributed by atoms with Crippen molar-refractivity contribution in [2.24, 2.45) is 5.92 Å². The fourth-order valence-corrected chi connectivity index (χ4v) is 3.17. The fraction of sp³-hybridized carbons (Fsp3) is 0.647. The van der Waals surface area contributed by atoms with Crippen molar-refractivity contribution >= 4 is 0 Å². The number of nitrogens with one attached hydrogen (secondary N) is 1. The molecule has 1 unspecified atom stereocenters. The van der Waals surface area contributed by atoms with Crippen molar-refractivity contribution in [1.82, 2.24) is 5.32 Å². The third-order valence-corrected chi connectivity index (χ3v) is 4.43. The number of benzene rings is 1. The van der Waals surface area contributed by atoms with Crippen LogP contribution in [-0.4, -0.2) is 13.1 Å². The molecule has 1 aromatic rings. The van der Waals surface area contributed by atoms with Crippen LogP contribution in [0.15, 0.2) is 30.3 Å². The van der Waals surface area contributed by atoms with Crippen molar-refractivity contribution in [3.63, 3.8) is 0 Å². The zero-order chi connectivity index (χ0) is 13.0. The highest BCUT2D eigenvalue weighted by Gasteiger charge is 2.49. The van der Waals surface area contributed by atoms with E-state index in [0.717, 1.165) is 5.92 Å². The van der Waals surface area contributed by atoms with Crippen LogP contribution in [0.5, 0.6) is 0 Å². The van der Waals surface area contributed by atoms with E-state index < -0.39 is 0 Å². The molecule has 0 amide bonds. The summed E-state index contributed by atoms with van der Waals surface area (Å²) in [5, 5.41) is 3.58. The molecule has 1 aliphatic rings. The zero-order valence-electron chi connectivity index (χ0n) is 12.1. The SMILES string of the molecule is CNC(CCCC(C)C)C1(c2ccccc2)CC1. The molecule has 100 valence electrons. The maximum absolute atomic E-state index is 3.58. The molecule has 0 radical (unpaired) electrons. The van der Waals surface area contributed by atoms with Gasteiger partial charge in [0, 0.05) is 11.5 Å². The Kier molecular flexibility index (Phi) is 4.45. The van der Waals surface area contributed by atoms with Crippen LogP contribution in [0, 0.1) is 5.92 Å². The Hall–Kier alpha value is -0.820.